The van der Waals surface area contributed by atoms with Crippen molar-refractivity contribution in [3.8, 4) is 16.9 Å². The van der Waals surface area contributed by atoms with Gasteiger partial charge in [-0.1, -0.05) is 41.9 Å². The Bertz CT molecular complexity index is 1460. The lowest BCUT2D eigenvalue weighted by Gasteiger charge is -2.39. The van der Waals surface area contributed by atoms with Crippen LogP contribution in [-0.4, -0.2) is 49.4 Å². The monoisotopic (exact) mass is 534 g/mol. The first-order valence-electron chi connectivity index (χ1n) is 10.8. The van der Waals surface area contributed by atoms with Gasteiger partial charge in [0.05, 0.1) is 16.8 Å². The third-order valence-electron chi connectivity index (χ3n) is 5.75. The molecular formula is C25H21ClF2N2O5S. The van der Waals surface area contributed by atoms with Gasteiger partial charge in [0.2, 0.25) is 5.91 Å². The first-order valence-corrected chi connectivity index (χ1v) is 12.8. The van der Waals surface area contributed by atoms with Crippen LogP contribution < -0.4 is 5.32 Å². The molecular weight excluding hydrogens is 514 g/mol. The van der Waals surface area contributed by atoms with Gasteiger partial charge in [0.1, 0.15) is 16.5 Å². The fourth-order valence-electron chi connectivity index (χ4n) is 3.97. The zero-order valence-electron chi connectivity index (χ0n) is 19.0. The number of hydrogen-bond acceptors (Lipinski definition) is 5. The maximum atomic E-state index is 14.6. The maximum absolute atomic E-state index is 14.6. The summed E-state index contributed by atoms with van der Waals surface area (Å²) < 4.78 is 55.4. The Morgan fingerprint density at radius 2 is 1.75 bits per heavy atom. The van der Waals surface area contributed by atoms with Gasteiger partial charge in [-0.05, 0) is 23.8 Å². The number of amides is 2. The van der Waals surface area contributed by atoms with Crippen LogP contribution >= 0.6 is 11.6 Å². The highest BCUT2D eigenvalue weighted by molar-refractivity contribution is 7.90. The summed E-state index contributed by atoms with van der Waals surface area (Å²) in [6.07, 6.45) is 0. The van der Waals surface area contributed by atoms with Gasteiger partial charge in [0, 0.05) is 42.8 Å². The number of carbonyl (C=O) groups excluding carboxylic acids is 2. The summed E-state index contributed by atoms with van der Waals surface area (Å²) in [4.78, 5) is 24.7. The number of phenols is 1. The second-order valence-corrected chi connectivity index (χ2v) is 10.8. The number of aromatic hydroxyl groups is 1. The second kappa shape index (κ2) is 9.87. The lowest BCUT2D eigenvalue weighted by atomic mass is 10.0. The first-order chi connectivity index (χ1) is 17.0. The van der Waals surface area contributed by atoms with E-state index in [-0.39, 0.29) is 46.8 Å². The SMILES string of the molecule is CC(=O)NC1CN(C(=O)c2cc(Cl)c(O)c(S(=O)(=O)Cc3cc(-c4ccccc4)c(F)cc3F)c2)C1. The fourth-order valence-corrected chi connectivity index (χ4v) is 5.74. The third-order valence-corrected chi connectivity index (χ3v) is 7.71. The van der Waals surface area contributed by atoms with E-state index < -0.39 is 43.8 Å². The Hall–Kier alpha value is -3.50. The molecule has 1 fully saturated rings. The number of phenolic OH excluding ortho intramolecular Hbond substituents is 1. The lowest BCUT2D eigenvalue weighted by molar-refractivity contribution is -0.120. The molecule has 188 valence electrons. The Balaban J connectivity index is 1.64. The van der Waals surface area contributed by atoms with E-state index in [0.717, 1.165) is 18.2 Å². The van der Waals surface area contributed by atoms with E-state index >= 15 is 0 Å². The van der Waals surface area contributed by atoms with E-state index in [1.807, 2.05) is 0 Å². The van der Waals surface area contributed by atoms with Crippen LogP contribution in [0.25, 0.3) is 11.1 Å². The molecule has 0 aliphatic carbocycles. The Labute approximate surface area is 211 Å². The molecule has 2 amide bonds. The molecule has 7 nitrogen and oxygen atoms in total. The molecule has 0 aromatic heterocycles. The summed E-state index contributed by atoms with van der Waals surface area (Å²) in [7, 11) is -4.42. The molecule has 3 aromatic carbocycles. The number of carbonyl (C=O) groups is 2. The molecule has 1 heterocycles. The van der Waals surface area contributed by atoms with Crippen molar-refractivity contribution >= 4 is 33.3 Å². The van der Waals surface area contributed by atoms with E-state index in [2.05, 4.69) is 5.32 Å². The van der Waals surface area contributed by atoms with Gasteiger partial charge in [-0.15, -0.1) is 0 Å². The van der Waals surface area contributed by atoms with Crippen LogP contribution in [0, 0.1) is 11.6 Å². The minimum atomic E-state index is -4.42. The molecule has 1 aliphatic rings. The number of hydrogen-bond donors (Lipinski definition) is 2. The van der Waals surface area contributed by atoms with Crippen LogP contribution in [0.4, 0.5) is 8.78 Å². The normalized spacial score (nSPS) is 13.8. The van der Waals surface area contributed by atoms with Crippen molar-refractivity contribution in [3.63, 3.8) is 0 Å². The van der Waals surface area contributed by atoms with E-state index in [0.29, 0.717) is 11.6 Å². The maximum Gasteiger partial charge on any atom is 0.254 e. The van der Waals surface area contributed by atoms with Crippen molar-refractivity contribution < 1.29 is 31.9 Å². The Morgan fingerprint density at radius 1 is 1.08 bits per heavy atom. The number of sulfone groups is 1. The molecule has 0 unspecified atom stereocenters. The lowest BCUT2D eigenvalue weighted by Crippen LogP contribution is -2.60. The predicted molar refractivity (Wildman–Crippen MR) is 129 cm³/mol. The average molecular weight is 535 g/mol. The van der Waals surface area contributed by atoms with Gasteiger partial charge in [-0.2, -0.15) is 0 Å². The average Bonchev–Trinajstić information content (AvgIpc) is 2.79. The zero-order chi connectivity index (χ0) is 26.2. The minimum absolute atomic E-state index is 0.0138. The molecule has 36 heavy (non-hydrogen) atoms. The van der Waals surface area contributed by atoms with Crippen LogP contribution in [0.1, 0.15) is 22.8 Å². The van der Waals surface area contributed by atoms with Gasteiger partial charge in [-0.25, -0.2) is 17.2 Å². The van der Waals surface area contributed by atoms with Crippen LogP contribution in [0.3, 0.4) is 0 Å². The molecule has 4 rings (SSSR count). The highest BCUT2D eigenvalue weighted by atomic mass is 35.5. The number of halogens is 3. The van der Waals surface area contributed by atoms with Gasteiger partial charge in [0.15, 0.2) is 15.6 Å². The summed E-state index contributed by atoms with van der Waals surface area (Å²) in [6.45, 7) is 1.80. The van der Waals surface area contributed by atoms with Crippen LogP contribution in [0.2, 0.25) is 5.02 Å². The second-order valence-electron chi connectivity index (χ2n) is 8.46. The summed E-state index contributed by atoms with van der Waals surface area (Å²) in [5, 5.41) is 12.7. The third kappa shape index (κ3) is 5.19. The molecule has 3 aromatic rings. The Kier molecular flexibility index (Phi) is 7.01. The quantitative estimate of drug-likeness (QED) is 0.499. The van der Waals surface area contributed by atoms with Crippen LogP contribution in [0.5, 0.6) is 5.75 Å². The van der Waals surface area contributed by atoms with Crippen molar-refractivity contribution in [2.45, 2.75) is 23.6 Å². The van der Waals surface area contributed by atoms with E-state index in [1.54, 1.807) is 30.3 Å². The summed E-state index contributed by atoms with van der Waals surface area (Å²) in [5.74, 6) is -4.40. The molecule has 1 aliphatic heterocycles. The van der Waals surface area contributed by atoms with Gasteiger partial charge in [-0.3, -0.25) is 9.59 Å². The van der Waals surface area contributed by atoms with Crippen molar-refractivity contribution in [2.24, 2.45) is 0 Å². The molecule has 2 N–H and O–H groups in total. The largest absolute Gasteiger partial charge is 0.505 e. The van der Waals surface area contributed by atoms with Crippen LogP contribution in [0.15, 0.2) is 59.5 Å². The molecule has 0 spiro atoms. The number of benzene rings is 3. The molecule has 0 saturated carbocycles. The summed E-state index contributed by atoms with van der Waals surface area (Å²) in [5.41, 5.74) is 0.0322. The van der Waals surface area contributed by atoms with Crippen molar-refractivity contribution in [2.75, 3.05) is 13.1 Å². The van der Waals surface area contributed by atoms with Crippen LogP contribution in [-0.2, 0) is 20.4 Å². The Morgan fingerprint density at radius 3 is 2.39 bits per heavy atom. The predicted octanol–water partition coefficient (Wildman–Crippen LogP) is 3.93. The minimum Gasteiger partial charge on any atom is -0.505 e. The molecule has 11 heteroatoms. The highest BCUT2D eigenvalue weighted by Crippen LogP contribution is 2.36. The van der Waals surface area contributed by atoms with Crippen molar-refractivity contribution in [3.05, 3.63) is 82.4 Å². The molecule has 0 radical (unpaired) electrons. The van der Waals surface area contributed by atoms with Crippen molar-refractivity contribution in [1.29, 1.82) is 0 Å². The van der Waals surface area contributed by atoms with Crippen molar-refractivity contribution in [1.82, 2.24) is 10.2 Å². The van der Waals surface area contributed by atoms with E-state index in [4.69, 9.17) is 11.6 Å². The fraction of sp³-hybridized carbons (Fsp3) is 0.200. The van der Waals surface area contributed by atoms with E-state index in [1.165, 1.54) is 11.8 Å². The molecule has 0 bridgehead atoms. The molecule has 1 saturated heterocycles. The first kappa shape index (κ1) is 25.6. The van der Waals surface area contributed by atoms with Gasteiger partial charge >= 0.3 is 0 Å². The number of rotatable bonds is 6. The number of nitrogens with one attached hydrogen (secondary N) is 1. The van der Waals surface area contributed by atoms with Gasteiger partial charge in [0.25, 0.3) is 5.91 Å². The summed E-state index contributed by atoms with van der Waals surface area (Å²) >= 11 is 6.03. The number of nitrogens with zero attached hydrogens (tertiary/aromatic N) is 1. The summed E-state index contributed by atoms with van der Waals surface area (Å²) in [6, 6.07) is 11.8. The van der Waals surface area contributed by atoms with E-state index in [9.17, 15) is 31.9 Å². The zero-order valence-corrected chi connectivity index (χ0v) is 20.5. The highest BCUT2D eigenvalue weighted by Gasteiger charge is 2.33. The number of likely N-dealkylation sites (tertiary alicyclic amines) is 1. The van der Waals surface area contributed by atoms with Gasteiger partial charge < -0.3 is 15.3 Å². The standard InChI is InChI=1S/C25H21ClF2N2O5S/c1-14(31)29-18-11-30(12-18)25(33)16-8-20(26)24(32)23(9-16)36(34,35)13-17-7-19(22(28)10-21(17)27)15-5-3-2-4-6-15/h2-10,18,32H,11-13H2,1H3,(H,29,31). The topological polar surface area (TPSA) is 104 Å². The smallest absolute Gasteiger partial charge is 0.254 e. The molecule has 0 atom stereocenters.